The second-order valence-electron chi connectivity index (χ2n) is 12.1. The number of carbonyl (C=O) groups excluding carboxylic acids is 2. The number of para-hydroxylation sites is 1. The zero-order valence-corrected chi connectivity index (χ0v) is 29.9. The highest BCUT2D eigenvalue weighted by Crippen LogP contribution is 2.29. The van der Waals surface area contributed by atoms with Gasteiger partial charge in [0.15, 0.2) is 0 Å². The Balaban J connectivity index is 1.56. The molecule has 0 fully saturated rings. The molecular weight excluding hydrogens is 663 g/mol. The molecule has 0 aliphatic rings. The van der Waals surface area contributed by atoms with Crippen molar-refractivity contribution in [3.8, 4) is 17.2 Å². The third-order valence-corrected chi connectivity index (χ3v) is 10.1. The molecule has 264 valence electrons. The molecule has 0 saturated carbocycles. The Hall–Kier alpha value is -5.61. The third kappa shape index (κ3) is 9.76. The van der Waals surface area contributed by atoms with E-state index in [9.17, 15) is 18.0 Å². The number of benzene rings is 5. The zero-order chi connectivity index (χ0) is 36.2. The van der Waals surface area contributed by atoms with Crippen LogP contribution in [0.25, 0.3) is 0 Å². The number of hydrogen-bond donors (Lipinski definition) is 1. The lowest BCUT2D eigenvalue weighted by atomic mass is 10.0. The van der Waals surface area contributed by atoms with Gasteiger partial charge in [-0.3, -0.25) is 13.9 Å². The average molecular weight is 706 g/mol. The number of ether oxygens (including phenoxy) is 2. The van der Waals surface area contributed by atoms with E-state index in [1.54, 1.807) is 55.6 Å². The van der Waals surface area contributed by atoms with Gasteiger partial charge < -0.3 is 19.7 Å². The Bertz CT molecular complexity index is 1990. The molecule has 2 amide bonds. The quantitative estimate of drug-likeness (QED) is 0.117. The van der Waals surface area contributed by atoms with Crippen LogP contribution in [0.1, 0.15) is 30.0 Å². The largest absolute Gasteiger partial charge is 0.497 e. The Morgan fingerprint density at radius 1 is 0.745 bits per heavy atom. The first-order valence-electron chi connectivity index (χ1n) is 16.8. The van der Waals surface area contributed by atoms with E-state index >= 15 is 0 Å². The number of amides is 2. The molecule has 0 unspecified atom stereocenters. The lowest BCUT2D eigenvalue weighted by Crippen LogP contribution is -2.53. The van der Waals surface area contributed by atoms with Crippen molar-refractivity contribution in [3.05, 3.63) is 150 Å². The van der Waals surface area contributed by atoms with E-state index < -0.39 is 28.5 Å². The van der Waals surface area contributed by atoms with E-state index in [1.165, 1.54) is 17.0 Å². The molecule has 1 atom stereocenters. The summed E-state index contributed by atoms with van der Waals surface area (Å²) >= 11 is 0. The SMILES string of the molecule is CCCNC(=O)[C@@H](Cc1ccccc1)N(Cc1cccc(OC)c1)C(=O)CN(c1ccc(Oc2ccccc2)cc1)S(=O)(=O)c1ccc(C)cc1. The molecule has 5 aromatic rings. The summed E-state index contributed by atoms with van der Waals surface area (Å²) in [5.41, 5.74) is 2.74. The first kappa shape index (κ1) is 36.7. The highest BCUT2D eigenvalue weighted by Gasteiger charge is 2.34. The van der Waals surface area contributed by atoms with E-state index in [1.807, 2.05) is 86.6 Å². The van der Waals surface area contributed by atoms with E-state index in [4.69, 9.17) is 9.47 Å². The second-order valence-corrected chi connectivity index (χ2v) is 14.0. The minimum Gasteiger partial charge on any atom is -0.497 e. The van der Waals surface area contributed by atoms with Gasteiger partial charge in [0, 0.05) is 19.5 Å². The number of anilines is 1. The summed E-state index contributed by atoms with van der Waals surface area (Å²) in [6.45, 7) is 3.73. The van der Waals surface area contributed by atoms with E-state index in [-0.39, 0.29) is 29.5 Å². The van der Waals surface area contributed by atoms with Crippen LogP contribution in [0, 0.1) is 6.92 Å². The summed E-state index contributed by atoms with van der Waals surface area (Å²) in [6.07, 6.45) is 0.933. The summed E-state index contributed by atoms with van der Waals surface area (Å²) in [7, 11) is -2.69. The molecule has 51 heavy (non-hydrogen) atoms. The van der Waals surface area contributed by atoms with Gasteiger partial charge in [0.25, 0.3) is 10.0 Å². The first-order chi connectivity index (χ1) is 24.7. The van der Waals surface area contributed by atoms with Crippen molar-refractivity contribution in [2.75, 3.05) is 24.5 Å². The number of carbonyl (C=O) groups is 2. The van der Waals surface area contributed by atoms with Crippen molar-refractivity contribution in [2.24, 2.45) is 0 Å². The van der Waals surface area contributed by atoms with Gasteiger partial charge in [-0.25, -0.2) is 8.42 Å². The number of nitrogens with zero attached hydrogens (tertiary/aromatic N) is 2. The molecule has 0 radical (unpaired) electrons. The highest BCUT2D eigenvalue weighted by atomic mass is 32.2. The Kier molecular flexibility index (Phi) is 12.5. The topological polar surface area (TPSA) is 105 Å². The van der Waals surface area contributed by atoms with Crippen LogP contribution >= 0.6 is 0 Å². The summed E-state index contributed by atoms with van der Waals surface area (Å²) in [5, 5.41) is 2.97. The molecule has 0 bridgehead atoms. The number of sulfonamides is 1. The third-order valence-electron chi connectivity index (χ3n) is 8.30. The van der Waals surface area contributed by atoms with Crippen LogP contribution < -0.4 is 19.1 Å². The first-order valence-corrected chi connectivity index (χ1v) is 18.3. The van der Waals surface area contributed by atoms with Gasteiger partial charge in [0.1, 0.15) is 29.8 Å². The maximum absolute atomic E-state index is 14.7. The molecule has 5 aromatic carbocycles. The van der Waals surface area contributed by atoms with E-state index in [0.29, 0.717) is 30.2 Å². The fourth-order valence-electron chi connectivity index (χ4n) is 5.56. The van der Waals surface area contributed by atoms with Crippen LogP contribution in [-0.4, -0.2) is 51.4 Å². The van der Waals surface area contributed by atoms with Gasteiger partial charge in [-0.1, -0.05) is 85.3 Å². The fraction of sp³-hybridized carbons (Fsp3) is 0.220. The lowest BCUT2D eigenvalue weighted by molar-refractivity contribution is -0.140. The summed E-state index contributed by atoms with van der Waals surface area (Å²) in [6, 6.07) is 38.0. The zero-order valence-electron chi connectivity index (χ0n) is 29.1. The maximum Gasteiger partial charge on any atom is 0.264 e. The predicted molar refractivity (Wildman–Crippen MR) is 199 cm³/mol. The smallest absolute Gasteiger partial charge is 0.264 e. The molecule has 10 heteroatoms. The lowest BCUT2D eigenvalue weighted by Gasteiger charge is -2.34. The van der Waals surface area contributed by atoms with Crippen molar-refractivity contribution in [1.82, 2.24) is 10.2 Å². The standard InChI is InChI=1S/C41H43N3O6S/c1-4-26-42-41(46)39(28-32-12-7-5-8-13-32)43(29-33-14-11-17-37(27-33)49-3)40(45)30-44(51(47,48)38-24-18-31(2)19-25-38)34-20-22-36(23-21-34)50-35-15-9-6-10-16-35/h5-25,27,39H,4,26,28-30H2,1-3H3,(H,42,46)/t39-/m1/s1. The number of hydrogen-bond acceptors (Lipinski definition) is 6. The van der Waals surface area contributed by atoms with E-state index in [0.717, 1.165) is 21.0 Å². The molecule has 0 aliphatic carbocycles. The number of methoxy groups -OCH3 is 1. The van der Waals surface area contributed by atoms with Crippen molar-refractivity contribution < 1.29 is 27.5 Å². The van der Waals surface area contributed by atoms with Crippen molar-refractivity contribution >= 4 is 27.5 Å². The van der Waals surface area contributed by atoms with Crippen LogP contribution in [0.15, 0.2) is 138 Å². The minimum atomic E-state index is -4.25. The van der Waals surface area contributed by atoms with E-state index in [2.05, 4.69) is 5.32 Å². The Morgan fingerprint density at radius 3 is 2.00 bits per heavy atom. The Labute approximate surface area is 300 Å². The Morgan fingerprint density at radius 2 is 1.35 bits per heavy atom. The van der Waals surface area contributed by atoms with Gasteiger partial charge >= 0.3 is 0 Å². The monoisotopic (exact) mass is 705 g/mol. The maximum atomic E-state index is 14.7. The van der Waals surface area contributed by atoms with Gasteiger partial charge in [-0.05, 0) is 85.1 Å². The fourth-order valence-corrected chi connectivity index (χ4v) is 6.97. The van der Waals surface area contributed by atoms with Gasteiger partial charge in [-0.2, -0.15) is 0 Å². The molecule has 1 N–H and O–H groups in total. The molecule has 0 saturated heterocycles. The molecular formula is C41H43N3O6S. The van der Waals surface area contributed by atoms with Crippen LogP contribution in [0.2, 0.25) is 0 Å². The van der Waals surface area contributed by atoms with Gasteiger partial charge in [0.05, 0.1) is 17.7 Å². The molecule has 0 aliphatic heterocycles. The van der Waals surface area contributed by atoms with Crippen molar-refractivity contribution in [2.45, 2.75) is 44.2 Å². The molecule has 5 rings (SSSR count). The average Bonchev–Trinajstić information content (AvgIpc) is 3.15. The summed E-state index contributed by atoms with van der Waals surface area (Å²) in [4.78, 5) is 30.1. The molecule has 0 aromatic heterocycles. The second kappa shape index (κ2) is 17.4. The minimum absolute atomic E-state index is 0.0337. The molecule has 9 nitrogen and oxygen atoms in total. The van der Waals surface area contributed by atoms with Crippen molar-refractivity contribution in [1.29, 1.82) is 0 Å². The highest BCUT2D eigenvalue weighted by molar-refractivity contribution is 7.92. The summed E-state index contributed by atoms with van der Waals surface area (Å²) < 4.78 is 41.3. The number of nitrogens with one attached hydrogen (secondary N) is 1. The normalized spacial score (nSPS) is 11.7. The number of rotatable bonds is 16. The van der Waals surface area contributed by atoms with Gasteiger partial charge in [0.2, 0.25) is 11.8 Å². The van der Waals surface area contributed by atoms with Crippen LogP contribution in [0.5, 0.6) is 17.2 Å². The van der Waals surface area contributed by atoms with Gasteiger partial charge in [-0.15, -0.1) is 0 Å². The summed E-state index contributed by atoms with van der Waals surface area (Å²) in [5.74, 6) is 0.844. The predicted octanol–water partition coefficient (Wildman–Crippen LogP) is 7.16. The van der Waals surface area contributed by atoms with Crippen LogP contribution in [-0.2, 0) is 32.6 Å². The van der Waals surface area contributed by atoms with Crippen molar-refractivity contribution in [3.63, 3.8) is 0 Å². The number of aryl methyl sites for hydroxylation is 1. The van der Waals surface area contributed by atoms with Crippen LogP contribution in [0.4, 0.5) is 5.69 Å². The molecule has 0 spiro atoms. The van der Waals surface area contributed by atoms with Crippen LogP contribution in [0.3, 0.4) is 0 Å². The molecule has 0 heterocycles.